The van der Waals surface area contributed by atoms with E-state index in [1.807, 2.05) is 0 Å². The summed E-state index contributed by atoms with van der Waals surface area (Å²) in [5.41, 5.74) is 3.01. The topological polar surface area (TPSA) is 18.5 Å². The van der Waals surface area contributed by atoms with Crippen molar-refractivity contribution < 1.29 is 0 Å². The maximum Gasteiger partial charge on any atom is 0.0345 e. The zero-order valence-corrected chi connectivity index (χ0v) is 14.3. The minimum Gasteiger partial charge on any atom is -0.311 e. The van der Waals surface area contributed by atoms with Crippen molar-refractivity contribution in [1.29, 1.82) is 0 Å². The van der Waals surface area contributed by atoms with Crippen molar-refractivity contribution >= 4 is 0 Å². The molecule has 1 heterocycles. The van der Waals surface area contributed by atoms with Crippen molar-refractivity contribution in [2.75, 3.05) is 40.3 Å². The number of benzene rings is 1. The maximum absolute atomic E-state index is 3.61. The fourth-order valence-electron chi connectivity index (χ4n) is 2.83. The third-order valence-electron chi connectivity index (χ3n) is 4.51. The Kier molecular flexibility index (Phi) is 5.42. The van der Waals surface area contributed by atoms with Crippen LogP contribution in [0, 0.1) is 0 Å². The minimum absolute atomic E-state index is 0.237. The van der Waals surface area contributed by atoms with Gasteiger partial charge in [0, 0.05) is 38.8 Å². The summed E-state index contributed by atoms with van der Waals surface area (Å²) in [5.74, 6) is 0. The van der Waals surface area contributed by atoms with Crippen LogP contribution in [0.15, 0.2) is 24.3 Å². The van der Waals surface area contributed by atoms with E-state index in [1.165, 1.54) is 24.2 Å². The molecule has 3 heteroatoms. The second-order valence-corrected chi connectivity index (χ2v) is 7.47. The molecule has 1 atom stereocenters. The summed E-state index contributed by atoms with van der Waals surface area (Å²) in [5, 5.41) is 3.61. The molecule has 1 N–H and O–H groups in total. The average molecular weight is 289 g/mol. The molecule has 1 fully saturated rings. The molecule has 1 saturated heterocycles. The number of hydrogen-bond acceptors (Lipinski definition) is 3. The average Bonchev–Trinajstić information content (AvgIpc) is 2.42. The van der Waals surface area contributed by atoms with Crippen LogP contribution in [0.1, 0.15) is 31.9 Å². The van der Waals surface area contributed by atoms with Crippen LogP contribution in [0.5, 0.6) is 0 Å². The molecule has 0 aliphatic carbocycles. The molecule has 21 heavy (non-hydrogen) atoms. The number of hydrogen-bond donors (Lipinski definition) is 1. The van der Waals surface area contributed by atoms with Crippen LogP contribution < -0.4 is 5.32 Å². The monoisotopic (exact) mass is 289 g/mol. The second kappa shape index (κ2) is 6.91. The first-order chi connectivity index (χ1) is 9.86. The van der Waals surface area contributed by atoms with Gasteiger partial charge in [0.1, 0.15) is 0 Å². The van der Waals surface area contributed by atoms with Gasteiger partial charge in [0.05, 0.1) is 0 Å². The fourth-order valence-corrected chi connectivity index (χ4v) is 2.83. The molecule has 3 nitrogen and oxygen atoms in total. The highest BCUT2D eigenvalue weighted by molar-refractivity contribution is 5.27. The number of nitrogens with one attached hydrogen (secondary N) is 1. The van der Waals surface area contributed by atoms with Gasteiger partial charge in [-0.15, -0.1) is 0 Å². The Hall–Kier alpha value is -0.900. The summed E-state index contributed by atoms with van der Waals surface area (Å²) in [6, 6.07) is 9.65. The van der Waals surface area contributed by atoms with Crippen LogP contribution in [0.25, 0.3) is 0 Å². The van der Waals surface area contributed by atoms with Gasteiger partial charge in [-0.3, -0.25) is 4.90 Å². The highest BCUT2D eigenvalue weighted by Crippen LogP contribution is 2.22. The van der Waals surface area contributed by atoms with Gasteiger partial charge in [0.2, 0.25) is 0 Å². The lowest BCUT2D eigenvalue weighted by Gasteiger charge is -2.37. The van der Waals surface area contributed by atoms with E-state index < -0.39 is 0 Å². The van der Waals surface area contributed by atoms with E-state index in [-0.39, 0.29) is 5.41 Å². The standard InChI is InChI=1S/C18H31N3/c1-18(2,3)16-8-6-15(7-9-16)12-19-13-17-14-20(4)10-11-21(17)5/h6-9,17,19H,10-14H2,1-5H3. The molecule has 2 rings (SSSR count). The molecule has 0 aromatic heterocycles. The first-order valence-electron chi connectivity index (χ1n) is 8.05. The van der Waals surface area contributed by atoms with Crippen LogP contribution in [-0.4, -0.2) is 56.1 Å². The maximum atomic E-state index is 3.61. The first-order valence-corrected chi connectivity index (χ1v) is 8.05. The van der Waals surface area contributed by atoms with Gasteiger partial charge < -0.3 is 10.2 Å². The van der Waals surface area contributed by atoms with E-state index in [9.17, 15) is 0 Å². The van der Waals surface area contributed by atoms with Crippen LogP contribution >= 0.6 is 0 Å². The Balaban J connectivity index is 1.80. The van der Waals surface area contributed by atoms with Gasteiger partial charge in [-0.25, -0.2) is 0 Å². The van der Waals surface area contributed by atoms with Crippen molar-refractivity contribution in [3.05, 3.63) is 35.4 Å². The van der Waals surface area contributed by atoms with Gasteiger partial charge in [-0.05, 0) is 30.6 Å². The minimum atomic E-state index is 0.237. The molecule has 118 valence electrons. The number of piperazine rings is 1. The number of likely N-dealkylation sites (N-methyl/N-ethyl adjacent to an activating group) is 2. The van der Waals surface area contributed by atoms with Gasteiger partial charge in [-0.2, -0.15) is 0 Å². The smallest absolute Gasteiger partial charge is 0.0345 e. The second-order valence-electron chi connectivity index (χ2n) is 7.47. The third kappa shape index (κ3) is 4.80. The molecule has 0 amide bonds. The van der Waals surface area contributed by atoms with Crippen LogP contribution in [-0.2, 0) is 12.0 Å². The normalized spacial score (nSPS) is 21.7. The zero-order valence-electron chi connectivity index (χ0n) is 14.3. The van der Waals surface area contributed by atoms with E-state index in [4.69, 9.17) is 0 Å². The summed E-state index contributed by atoms with van der Waals surface area (Å²) in [7, 11) is 4.45. The summed E-state index contributed by atoms with van der Waals surface area (Å²) in [6.45, 7) is 12.3. The number of rotatable bonds is 4. The molecule has 1 unspecified atom stereocenters. The summed E-state index contributed by atoms with van der Waals surface area (Å²) in [6.07, 6.45) is 0. The van der Waals surface area contributed by atoms with Gasteiger partial charge in [0.15, 0.2) is 0 Å². The van der Waals surface area contributed by atoms with E-state index >= 15 is 0 Å². The predicted molar refractivity (Wildman–Crippen MR) is 90.8 cm³/mol. The Morgan fingerprint density at radius 2 is 1.76 bits per heavy atom. The molecular formula is C18H31N3. The first kappa shape index (κ1) is 16.5. The Morgan fingerprint density at radius 3 is 2.38 bits per heavy atom. The molecule has 1 aliphatic heterocycles. The third-order valence-corrected chi connectivity index (χ3v) is 4.51. The Bertz CT molecular complexity index is 433. The summed E-state index contributed by atoms with van der Waals surface area (Å²) < 4.78 is 0. The molecule has 1 aromatic carbocycles. The predicted octanol–water partition coefficient (Wildman–Crippen LogP) is 2.32. The van der Waals surface area contributed by atoms with Gasteiger partial charge in [-0.1, -0.05) is 45.0 Å². The fraction of sp³-hybridized carbons (Fsp3) is 0.667. The molecule has 0 saturated carbocycles. The SMILES string of the molecule is CN1CCN(C)C(CNCc2ccc(C(C)(C)C)cc2)C1. The van der Waals surface area contributed by atoms with Crippen molar-refractivity contribution in [3.63, 3.8) is 0 Å². The molecular weight excluding hydrogens is 258 g/mol. The Labute approximate surface area is 130 Å². The Morgan fingerprint density at radius 1 is 1.10 bits per heavy atom. The van der Waals surface area contributed by atoms with E-state index in [1.54, 1.807) is 0 Å². The van der Waals surface area contributed by atoms with Gasteiger partial charge in [0.25, 0.3) is 0 Å². The highest BCUT2D eigenvalue weighted by atomic mass is 15.3. The van der Waals surface area contributed by atoms with Crippen LogP contribution in [0.4, 0.5) is 0 Å². The zero-order chi connectivity index (χ0) is 15.5. The summed E-state index contributed by atoms with van der Waals surface area (Å²) in [4.78, 5) is 4.89. The van der Waals surface area contributed by atoms with E-state index in [0.29, 0.717) is 6.04 Å². The van der Waals surface area contributed by atoms with E-state index in [0.717, 1.165) is 19.6 Å². The van der Waals surface area contributed by atoms with Crippen LogP contribution in [0.3, 0.4) is 0 Å². The highest BCUT2D eigenvalue weighted by Gasteiger charge is 2.21. The quantitative estimate of drug-likeness (QED) is 0.918. The largest absolute Gasteiger partial charge is 0.311 e. The molecule has 1 aromatic rings. The van der Waals surface area contributed by atoms with Crippen molar-refractivity contribution in [2.45, 2.75) is 38.8 Å². The van der Waals surface area contributed by atoms with Gasteiger partial charge >= 0.3 is 0 Å². The van der Waals surface area contributed by atoms with Crippen LogP contribution in [0.2, 0.25) is 0 Å². The molecule has 1 aliphatic rings. The number of nitrogens with zero attached hydrogens (tertiary/aromatic N) is 2. The van der Waals surface area contributed by atoms with Crippen molar-refractivity contribution in [2.24, 2.45) is 0 Å². The van der Waals surface area contributed by atoms with E-state index in [2.05, 4.69) is 74.2 Å². The van der Waals surface area contributed by atoms with Crippen molar-refractivity contribution in [1.82, 2.24) is 15.1 Å². The van der Waals surface area contributed by atoms with Crippen molar-refractivity contribution in [3.8, 4) is 0 Å². The lowest BCUT2D eigenvalue weighted by molar-refractivity contribution is 0.113. The summed E-state index contributed by atoms with van der Waals surface area (Å²) >= 11 is 0. The molecule has 0 radical (unpaired) electrons. The lowest BCUT2D eigenvalue weighted by atomic mass is 9.87. The molecule has 0 spiro atoms. The molecule has 0 bridgehead atoms. The lowest BCUT2D eigenvalue weighted by Crippen LogP contribution is -2.53.